The Labute approximate surface area is 73.7 Å². The van der Waals surface area contributed by atoms with Crippen LogP contribution in [0.25, 0.3) is 0 Å². The van der Waals surface area contributed by atoms with Crippen molar-refractivity contribution >= 4 is 11.9 Å². The summed E-state index contributed by atoms with van der Waals surface area (Å²) in [4.78, 5) is 25.7. The molecule has 0 atom stereocenters. The lowest BCUT2D eigenvalue weighted by molar-refractivity contribution is 0.0423. The molecule has 0 saturated heterocycles. The number of cyclic esters (lactones) is 2. The molecule has 0 bridgehead atoms. The summed E-state index contributed by atoms with van der Waals surface area (Å²) < 4.78 is 9.34. The largest absolute Gasteiger partial charge is 0.432 e. The number of esters is 2. The normalized spacial score (nSPS) is 15.0. The second-order valence-corrected chi connectivity index (χ2v) is 3.06. The summed E-state index contributed by atoms with van der Waals surface area (Å²) in [6, 6.07) is 0. The van der Waals surface area contributed by atoms with Crippen LogP contribution in [0.2, 0.25) is 0 Å². The molecule has 2 heterocycles. The molecule has 5 heteroatoms. The van der Waals surface area contributed by atoms with E-state index in [9.17, 15) is 9.59 Å². The van der Waals surface area contributed by atoms with Crippen LogP contribution in [0.4, 0.5) is 0 Å². The highest BCUT2D eigenvalue weighted by Crippen LogP contribution is 2.24. The predicted octanol–water partition coefficient (Wildman–Crippen LogP) is 1.11. The zero-order chi connectivity index (χ0) is 9.59. The number of nitrogens with zero attached hydrogens (tertiary/aromatic N) is 1. The molecule has 1 aromatic rings. The molecule has 2 rings (SSSR count). The predicted molar refractivity (Wildman–Crippen MR) is 40.3 cm³/mol. The number of carbonyl (C=O) groups is 2. The van der Waals surface area contributed by atoms with E-state index in [-0.39, 0.29) is 17.4 Å². The molecule has 1 aromatic heterocycles. The maximum Gasteiger partial charge on any atom is 0.384 e. The Morgan fingerprint density at radius 2 is 1.92 bits per heavy atom. The van der Waals surface area contributed by atoms with E-state index >= 15 is 0 Å². The topological polar surface area (TPSA) is 69.4 Å². The van der Waals surface area contributed by atoms with Crippen LogP contribution < -0.4 is 0 Å². The molecule has 0 saturated carbocycles. The van der Waals surface area contributed by atoms with Crippen LogP contribution in [0.1, 0.15) is 46.7 Å². The van der Waals surface area contributed by atoms with Crippen molar-refractivity contribution in [1.29, 1.82) is 0 Å². The van der Waals surface area contributed by atoms with Gasteiger partial charge in [0.25, 0.3) is 0 Å². The van der Waals surface area contributed by atoms with Crippen LogP contribution in [0.3, 0.4) is 0 Å². The number of carbonyl (C=O) groups excluding carboxylic acids is 2. The number of ether oxygens (including phenoxy) is 1. The van der Waals surface area contributed by atoms with Gasteiger partial charge in [-0.1, -0.05) is 13.8 Å². The molecule has 0 unspecified atom stereocenters. The Morgan fingerprint density at radius 3 is 2.46 bits per heavy atom. The molecule has 13 heavy (non-hydrogen) atoms. The van der Waals surface area contributed by atoms with Crippen LogP contribution in [-0.2, 0) is 4.74 Å². The lowest BCUT2D eigenvalue weighted by Crippen LogP contribution is -2.01. The zero-order valence-corrected chi connectivity index (χ0v) is 7.16. The van der Waals surface area contributed by atoms with E-state index in [1.54, 1.807) is 0 Å². The van der Waals surface area contributed by atoms with Crippen molar-refractivity contribution in [2.24, 2.45) is 0 Å². The molecule has 0 N–H and O–H groups in total. The van der Waals surface area contributed by atoms with Crippen molar-refractivity contribution in [2.45, 2.75) is 19.8 Å². The van der Waals surface area contributed by atoms with E-state index in [1.165, 1.54) is 0 Å². The van der Waals surface area contributed by atoms with Crippen LogP contribution >= 0.6 is 0 Å². The number of hydrogen-bond donors (Lipinski definition) is 0. The second kappa shape index (κ2) is 2.42. The maximum atomic E-state index is 10.9. The number of oxazole rings is 1. The van der Waals surface area contributed by atoms with E-state index in [1.807, 2.05) is 13.8 Å². The average Bonchev–Trinajstić information content (AvgIpc) is 2.55. The molecule has 0 radical (unpaired) electrons. The van der Waals surface area contributed by atoms with Crippen molar-refractivity contribution in [2.75, 3.05) is 0 Å². The van der Waals surface area contributed by atoms with E-state index < -0.39 is 11.9 Å². The Morgan fingerprint density at radius 1 is 1.23 bits per heavy atom. The monoisotopic (exact) mass is 181 g/mol. The van der Waals surface area contributed by atoms with Gasteiger partial charge in [0.2, 0.25) is 11.5 Å². The van der Waals surface area contributed by atoms with Gasteiger partial charge in [0.05, 0.1) is 0 Å². The minimum Gasteiger partial charge on any atom is -0.432 e. The summed E-state index contributed by atoms with van der Waals surface area (Å²) >= 11 is 0. The van der Waals surface area contributed by atoms with Crippen molar-refractivity contribution in [1.82, 2.24) is 4.98 Å². The van der Waals surface area contributed by atoms with Gasteiger partial charge in [-0.05, 0) is 0 Å². The standard InChI is InChI=1S/C8H7NO4/c1-3(2)6-9-4-5(12-6)8(11)13-7(4)10/h3H,1-2H3. The van der Waals surface area contributed by atoms with Gasteiger partial charge in [-0.25, -0.2) is 14.6 Å². The third kappa shape index (κ3) is 1.04. The Bertz CT molecular complexity index is 359. The molecule has 1 aliphatic rings. The third-order valence-electron chi connectivity index (χ3n) is 1.70. The molecule has 0 aromatic carbocycles. The Balaban J connectivity index is 2.52. The Kier molecular flexibility index (Phi) is 1.48. The minimum absolute atomic E-state index is 0.00583. The summed E-state index contributed by atoms with van der Waals surface area (Å²) in [7, 11) is 0. The van der Waals surface area contributed by atoms with Gasteiger partial charge < -0.3 is 9.15 Å². The highest BCUT2D eigenvalue weighted by atomic mass is 16.6. The SMILES string of the molecule is CC(C)c1nc2c(o1)C(=O)OC2=O. The van der Waals surface area contributed by atoms with Gasteiger partial charge in [-0.15, -0.1) is 0 Å². The van der Waals surface area contributed by atoms with Crippen molar-refractivity contribution in [3.8, 4) is 0 Å². The molecule has 68 valence electrons. The molecular weight excluding hydrogens is 174 g/mol. The number of fused-ring (bicyclic) bond motifs is 1. The van der Waals surface area contributed by atoms with Gasteiger partial charge in [0.15, 0.2) is 5.89 Å². The lowest BCUT2D eigenvalue weighted by Gasteiger charge is -1.95. The van der Waals surface area contributed by atoms with Crippen molar-refractivity contribution in [3.05, 3.63) is 17.3 Å². The van der Waals surface area contributed by atoms with Gasteiger partial charge in [-0.3, -0.25) is 0 Å². The molecule has 0 amide bonds. The maximum absolute atomic E-state index is 10.9. The fourth-order valence-corrected chi connectivity index (χ4v) is 1.04. The first kappa shape index (κ1) is 7.97. The quantitative estimate of drug-likeness (QED) is 0.479. The van der Waals surface area contributed by atoms with E-state index in [2.05, 4.69) is 9.72 Å². The zero-order valence-electron chi connectivity index (χ0n) is 7.16. The first-order valence-electron chi connectivity index (χ1n) is 3.87. The van der Waals surface area contributed by atoms with Crippen molar-refractivity contribution in [3.63, 3.8) is 0 Å². The summed E-state index contributed by atoms with van der Waals surface area (Å²) in [5, 5.41) is 0. The van der Waals surface area contributed by atoms with Gasteiger partial charge in [0.1, 0.15) is 0 Å². The molecule has 0 spiro atoms. The van der Waals surface area contributed by atoms with Gasteiger partial charge in [0, 0.05) is 5.92 Å². The van der Waals surface area contributed by atoms with Crippen LogP contribution in [0.15, 0.2) is 4.42 Å². The fourth-order valence-electron chi connectivity index (χ4n) is 1.04. The van der Waals surface area contributed by atoms with Gasteiger partial charge >= 0.3 is 11.9 Å². The second-order valence-electron chi connectivity index (χ2n) is 3.06. The van der Waals surface area contributed by atoms with E-state index in [0.29, 0.717) is 5.89 Å². The molecule has 5 nitrogen and oxygen atoms in total. The van der Waals surface area contributed by atoms with E-state index in [4.69, 9.17) is 4.42 Å². The number of aromatic nitrogens is 1. The van der Waals surface area contributed by atoms with Crippen LogP contribution in [0, 0.1) is 0 Å². The van der Waals surface area contributed by atoms with Crippen LogP contribution in [-0.4, -0.2) is 16.9 Å². The number of hydrogen-bond acceptors (Lipinski definition) is 5. The molecule has 0 fully saturated rings. The summed E-state index contributed by atoms with van der Waals surface area (Å²) in [6.07, 6.45) is 0. The minimum atomic E-state index is -0.751. The average molecular weight is 181 g/mol. The van der Waals surface area contributed by atoms with Gasteiger partial charge in [-0.2, -0.15) is 0 Å². The molecule has 0 aliphatic carbocycles. The highest BCUT2D eigenvalue weighted by Gasteiger charge is 2.37. The first-order valence-corrected chi connectivity index (χ1v) is 3.87. The summed E-state index contributed by atoms with van der Waals surface area (Å²) in [6.45, 7) is 3.72. The third-order valence-corrected chi connectivity index (χ3v) is 1.70. The summed E-state index contributed by atoms with van der Waals surface area (Å²) in [5.74, 6) is -1.12. The van der Waals surface area contributed by atoms with Crippen LogP contribution in [0.5, 0.6) is 0 Å². The summed E-state index contributed by atoms with van der Waals surface area (Å²) in [5.41, 5.74) is -0.00583. The molecular formula is C8H7NO4. The fraction of sp³-hybridized carbons (Fsp3) is 0.375. The molecule has 1 aliphatic heterocycles. The smallest absolute Gasteiger partial charge is 0.384 e. The highest BCUT2D eigenvalue weighted by molar-refractivity contribution is 6.11. The van der Waals surface area contributed by atoms with Crippen molar-refractivity contribution < 1.29 is 18.7 Å². The lowest BCUT2D eigenvalue weighted by atomic mass is 10.2. The van der Waals surface area contributed by atoms with E-state index in [0.717, 1.165) is 0 Å². The Hall–Kier alpha value is -1.65. The number of rotatable bonds is 1. The first-order chi connectivity index (χ1) is 6.09.